The quantitative estimate of drug-likeness (QED) is 0.660. The van der Waals surface area contributed by atoms with Gasteiger partial charge in [-0.25, -0.2) is 8.42 Å². The number of anilines is 1. The number of rotatable bonds is 5. The van der Waals surface area contributed by atoms with Crippen LogP contribution in [0.3, 0.4) is 0 Å². The monoisotopic (exact) mass is 432 g/mol. The molecule has 0 aliphatic carbocycles. The fourth-order valence-electron chi connectivity index (χ4n) is 2.79. The molecule has 0 spiro atoms. The summed E-state index contributed by atoms with van der Waals surface area (Å²) in [5, 5.41) is 0. The van der Waals surface area contributed by atoms with Crippen LogP contribution < -0.4 is 4.31 Å². The molecular weight excluding hydrogens is 412 g/mol. The van der Waals surface area contributed by atoms with Crippen LogP contribution >= 0.6 is 15.9 Å². The number of carbonyl (C=O) groups excluding carboxylic acids is 2. The van der Waals surface area contributed by atoms with Gasteiger partial charge in [-0.05, 0) is 31.0 Å². The molecule has 1 aromatic carbocycles. The molecule has 1 aliphatic rings. The summed E-state index contributed by atoms with van der Waals surface area (Å²) in [5.41, 5.74) is 0.426. The van der Waals surface area contributed by atoms with Gasteiger partial charge in [0.25, 0.3) is 0 Å². The third-order valence-electron chi connectivity index (χ3n) is 4.16. The molecule has 9 heteroatoms. The van der Waals surface area contributed by atoms with E-state index in [9.17, 15) is 18.0 Å². The second-order valence-corrected chi connectivity index (χ2v) is 8.75. The molecule has 1 saturated heterocycles. The van der Waals surface area contributed by atoms with Crippen molar-refractivity contribution in [2.45, 2.75) is 12.8 Å². The molecule has 0 atom stereocenters. The van der Waals surface area contributed by atoms with Crippen LogP contribution in [0.4, 0.5) is 5.69 Å². The fraction of sp³-hybridized carbons (Fsp3) is 0.500. The van der Waals surface area contributed by atoms with E-state index in [1.54, 1.807) is 29.2 Å². The van der Waals surface area contributed by atoms with Crippen molar-refractivity contribution in [2.24, 2.45) is 5.92 Å². The van der Waals surface area contributed by atoms with E-state index in [-0.39, 0.29) is 24.3 Å². The van der Waals surface area contributed by atoms with Crippen LogP contribution in [-0.4, -0.2) is 58.2 Å². The minimum atomic E-state index is -3.61. The van der Waals surface area contributed by atoms with Gasteiger partial charge in [0.15, 0.2) is 0 Å². The molecule has 0 unspecified atom stereocenters. The smallest absolute Gasteiger partial charge is 0.308 e. The van der Waals surface area contributed by atoms with Crippen molar-refractivity contribution < 1.29 is 22.7 Å². The maximum absolute atomic E-state index is 12.6. The van der Waals surface area contributed by atoms with Gasteiger partial charge in [0.2, 0.25) is 15.9 Å². The van der Waals surface area contributed by atoms with Crippen molar-refractivity contribution in [3.63, 3.8) is 0 Å². The van der Waals surface area contributed by atoms with Gasteiger partial charge in [-0.15, -0.1) is 0 Å². The number of carbonyl (C=O) groups is 2. The summed E-state index contributed by atoms with van der Waals surface area (Å²) in [6.07, 6.45) is 2.12. The normalized spacial score (nSPS) is 15.7. The number of nitrogens with zero attached hydrogens (tertiary/aromatic N) is 2. The topological polar surface area (TPSA) is 84.0 Å². The maximum atomic E-state index is 12.6. The molecule has 1 fully saturated rings. The second kappa shape index (κ2) is 8.18. The molecular formula is C16H21BrN2O5S. The van der Waals surface area contributed by atoms with Crippen molar-refractivity contribution in [1.29, 1.82) is 0 Å². The van der Waals surface area contributed by atoms with E-state index in [1.807, 2.05) is 0 Å². The Morgan fingerprint density at radius 1 is 1.32 bits per heavy atom. The van der Waals surface area contributed by atoms with Gasteiger partial charge in [-0.2, -0.15) is 0 Å². The summed E-state index contributed by atoms with van der Waals surface area (Å²) in [5.74, 6) is -0.752. The average molecular weight is 433 g/mol. The Hall–Kier alpha value is -1.61. The lowest BCUT2D eigenvalue weighted by atomic mass is 9.97. The highest BCUT2D eigenvalue weighted by molar-refractivity contribution is 9.10. The molecule has 1 heterocycles. The van der Waals surface area contributed by atoms with E-state index in [4.69, 9.17) is 4.74 Å². The minimum absolute atomic E-state index is 0.204. The summed E-state index contributed by atoms with van der Waals surface area (Å²) < 4.78 is 30.8. The van der Waals surface area contributed by atoms with Crippen LogP contribution in [0.15, 0.2) is 28.7 Å². The number of sulfonamides is 1. The minimum Gasteiger partial charge on any atom is -0.469 e. The molecule has 0 aromatic heterocycles. The lowest BCUT2D eigenvalue weighted by molar-refractivity contribution is -0.148. The number of amides is 1. The molecule has 0 N–H and O–H groups in total. The first kappa shape index (κ1) is 19.7. The highest BCUT2D eigenvalue weighted by Gasteiger charge is 2.30. The third kappa shape index (κ3) is 5.18. The number of ether oxygens (including phenoxy) is 1. The molecule has 2 rings (SSSR count). The van der Waals surface area contributed by atoms with Crippen molar-refractivity contribution in [1.82, 2.24) is 4.90 Å². The first-order chi connectivity index (χ1) is 11.7. The number of hydrogen-bond acceptors (Lipinski definition) is 5. The molecule has 0 saturated carbocycles. The summed E-state index contributed by atoms with van der Waals surface area (Å²) in [4.78, 5) is 25.7. The van der Waals surface area contributed by atoms with E-state index in [1.165, 1.54) is 7.11 Å². The fourth-order valence-corrected chi connectivity index (χ4v) is 4.01. The molecule has 1 amide bonds. The van der Waals surface area contributed by atoms with Gasteiger partial charge >= 0.3 is 5.97 Å². The molecule has 1 aromatic rings. The largest absolute Gasteiger partial charge is 0.469 e. The van der Waals surface area contributed by atoms with Crippen molar-refractivity contribution >= 4 is 43.5 Å². The summed E-state index contributed by atoms with van der Waals surface area (Å²) in [6.45, 7) is 0.557. The van der Waals surface area contributed by atoms with Crippen LogP contribution in [0.5, 0.6) is 0 Å². The zero-order valence-electron chi connectivity index (χ0n) is 14.1. The van der Waals surface area contributed by atoms with E-state index >= 15 is 0 Å². The Labute approximate surface area is 156 Å². The summed E-state index contributed by atoms with van der Waals surface area (Å²) in [6, 6.07) is 6.79. The number of likely N-dealkylation sites (tertiary alicyclic amines) is 1. The second-order valence-electron chi connectivity index (χ2n) is 5.93. The third-order valence-corrected chi connectivity index (χ3v) is 5.79. The number of methoxy groups -OCH3 is 1. The zero-order chi connectivity index (χ0) is 18.6. The lowest BCUT2D eigenvalue weighted by Crippen LogP contribution is -2.46. The Balaban J connectivity index is 2.07. The molecule has 1 aliphatic heterocycles. The first-order valence-corrected chi connectivity index (χ1v) is 10.5. The predicted molar refractivity (Wildman–Crippen MR) is 97.7 cm³/mol. The standard InChI is InChI=1S/C16H21BrN2O5S/c1-24-16(21)12-6-8-18(9-7-12)15(20)11-19(25(2,22)23)14-5-3-4-13(17)10-14/h3-5,10,12H,6-9,11H2,1-2H3. The van der Waals surface area contributed by atoms with Gasteiger partial charge in [0.05, 0.1) is 25.0 Å². The van der Waals surface area contributed by atoms with Crippen molar-refractivity contribution in [3.05, 3.63) is 28.7 Å². The van der Waals surface area contributed by atoms with Gasteiger partial charge < -0.3 is 9.64 Å². The van der Waals surface area contributed by atoms with Gasteiger partial charge in [-0.3, -0.25) is 13.9 Å². The number of hydrogen-bond donors (Lipinski definition) is 0. The van der Waals surface area contributed by atoms with Gasteiger partial charge in [0, 0.05) is 17.6 Å². The predicted octanol–water partition coefficient (Wildman–Crippen LogP) is 1.63. The highest BCUT2D eigenvalue weighted by atomic mass is 79.9. The Bertz CT molecular complexity index is 745. The van der Waals surface area contributed by atoms with Crippen LogP contribution in [0.1, 0.15) is 12.8 Å². The van der Waals surface area contributed by atoms with E-state index < -0.39 is 10.0 Å². The molecule has 138 valence electrons. The number of benzene rings is 1. The molecule has 0 radical (unpaired) electrons. The lowest BCUT2D eigenvalue weighted by Gasteiger charge is -2.32. The zero-order valence-corrected chi connectivity index (χ0v) is 16.5. The van der Waals surface area contributed by atoms with Crippen LogP contribution in [0, 0.1) is 5.92 Å². The van der Waals surface area contributed by atoms with Crippen molar-refractivity contribution in [3.8, 4) is 0 Å². The molecule has 0 bridgehead atoms. The molecule has 25 heavy (non-hydrogen) atoms. The number of esters is 1. The van der Waals surface area contributed by atoms with E-state index in [2.05, 4.69) is 15.9 Å². The molecule has 7 nitrogen and oxygen atoms in total. The highest BCUT2D eigenvalue weighted by Crippen LogP contribution is 2.23. The van der Waals surface area contributed by atoms with Crippen LogP contribution in [-0.2, 0) is 24.3 Å². The number of piperidine rings is 1. The summed E-state index contributed by atoms with van der Waals surface area (Å²) >= 11 is 3.31. The van der Waals surface area contributed by atoms with Gasteiger partial charge in [-0.1, -0.05) is 22.0 Å². The van der Waals surface area contributed by atoms with E-state index in [0.717, 1.165) is 15.0 Å². The average Bonchev–Trinajstić information content (AvgIpc) is 2.57. The first-order valence-electron chi connectivity index (χ1n) is 7.81. The van der Waals surface area contributed by atoms with E-state index in [0.29, 0.717) is 31.6 Å². The summed E-state index contributed by atoms with van der Waals surface area (Å²) in [7, 11) is -2.26. The van der Waals surface area contributed by atoms with Crippen LogP contribution in [0.2, 0.25) is 0 Å². The Morgan fingerprint density at radius 2 is 1.96 bits per heavy atom. The maximum Gasteiger partial charge on any atom is 0.308 e. The Kier molecular flexibility index (Phi) is 6.45. The van der Waals surface area contributed by atoms with Crippen LogP contribution in [0.25, 0.3) is 0 Å². The van der Waals surface area contributed by atoms with Gasteiger partial charge in [0.1, 0.15) is 6.54 Å². The number of halogens is 1. The SMILES string of the molecule is COC(=O)C1CCN(C(=O)CN(c2cccc(Br)c2)S(C)(=O)=O)CC1. The van der Waals surface area contributed by atoms with Crippen molar-refractivity contribution in [2.75, 3.05) is 37.3 Å². The Morgan fingerprint density at radius 3 is 2.48 bits per heavy atom.